The van der Waals surface area contributed by atoms with Gasteiger partial charge in [-0.15, -0.1) is 0 Å². The fraction of sp³-hybridized carbons (Fsp3) is 0.562. The molecule has 1 aliphatic rings. The van der Waals surface area contributed by atoms with E-state index < -0.39 is 10.0 Å². The number of hydrogen-bond donors (Lipinski definition) is 2. The van der Waals surface area contributed by atoms with Gasteiger partial charge in [0, 0.05) is 25.7 Å². The standard InChI is InChI=1S/C16H25N3O4S/c1-19(2)24(21,22)15-9-11(7-8-14(15)23-3)16(20)18-13-6-4-5-12(13)10-17/h7-9,12-13H,4-6,10,17H2,1-3H3,(H,18,20). The number of carbonyl (C=O) groups excluding carboxylic acids is 1. The van der Waals surface area contributed by atoms with E-state index in [2.05, 4.69) is 5.32 Å². The van der Waals surface area contributed by atoms with Crippen molar-refractivity contribution in [1.82, 2.24) is 9.62 Å². The van der Waals surface area contributed by atoms with Crippen molar-refractivity contribution < 1.29 is 17.9 Å². The zero-order chi connectivity index (χ0) is 17.9. The Balaban J connectivity index is 2.30. The number of amides is 1. The van der Waals surface area contributed by atoms with E-state index >= 15 is 0 Å². The van der Waals surface area contributed by atoms with Crippen molar-refractivity contribution in [3.05, 3.63) is 23.8 Å². The van der Waals surface area contributed by atoms with Crippen molar-refractivity contribution in [2.24, 2.45) is 11.7 Å². The smallest absolute Gasteiger partial charge is 0.251 e. The highest BCUT2D eigenvalue weighted by Gasteiger charge is 2.29. The van der Waals surface area contributed by atoms with Crippen LogP contribution in [-0.2, 0) is 10.0 Å². The average molecular weight is 355 g/mol. The molecule has 8 heteroatoms. The molecule has 2 rings (SSSR count). The summed E-state index contributed by atoms with van der Waals surface area (Å²) >= 11 is 0. The molecule has 0 heterocycles. The molecule has 1 saturated carbocycles. The molecule has 2 unspecified atom stereocenters. The average Bonchev–Trinajstić information content (AvgIpc) is 3.01. The largest absolute Gasteiger partial charge is 0.495 e. The number of nitrogens with zero attached hydrogens (tertiary/aromatic N) is 1. The Labute approximate surface area is 143 Å². The van der Waals surface area contributed by atoms with Crippen LogP contribution in [-0.4, -0.2) is 52.4 Å². The van der Waals surface area contributed by atoms with Crippen molar-refractivity contribution in [2.45, 2.75) is 30.2 Å². The summed E-state index contributed by atoms with van der Waals surface area (Å²) < 4.78 is 31.1. The first-order valence-electron chi connectivity index (χ1n) is 7.92. The summed E-state index contributed by atoms with van der Waals surface area (Å²) in [6, 6.07) is 4.46. The zero-order valence-corrected chi connectivity index (χ0v) is 15.1. The van der Waals surface area contributed by atoms with Crippen LogP contribution in [0.25, 0.3) is 0 Å². The van der Waals surface area contributed by atoms with Gasteiger partial charge in [-0.25, -0.2) is 12.7 Å². The monoisotopic (exact) mass is 355 g/mol. The van der Waals surface area contributed by atoms with Crippen LogP contribution in [0, 0.1) is 5.92 Å². The van der Waals surface area contributed by atoms with E-state index in [1.54, 1.807) is 6.07 Å². The van der Waals surface area contributed by atoms with Gasteiger partial charge in [0.15, 0.2) is 0 Å². The molecule has 0 aliphatic heterocycles. The van der Waals surface area contributed by atoms with Gasteiger partial charge in [0.1, 0.15) is 10.6 Å². The first-order chi connectivity index (χ1) is 11.3. The van der Waals surface area contributed by atoms with Gasteiger partial charge < -0.3 is 15.8 Å². The summed E-state index contributed by atoms with van der Waals surface area (Å²) in [6.07, 6.45) is 2.94. The van der Waals surface area contributed by atoms with E-state index in [1.165, 1.54) is 33.3 Å². The van der Waals surface area contributed by atoms with Crippen LogP contribution in [0.5, 0.6) is 5.75 Å². The van der Waals surface area contributed by atoms with Crippen LogP contribution < -0.4 is 15.8 Å². The second-order valence-corrected chi connectivity index (χ2v) is 8.28. The number of sulfonamides is 1. The number of benzene rings is 1. The van der Waals surface area contributed by atoms with E-state index in [4.69, 9.17) is 10.5 Å². The molecule has 0 saturated heterocycles. The maximum atomic E-state index is 12.5. The molecule has 3 N–H and O–H groups in total. The Bertz CT molecular complexity index is 703. The van der Waals surface area contributed by atoms with Gasteiger partial charge in [0.2, 0.25) is 10.0 Å². The molecular weight excluding hydrogens is 330 g/mol. The Morgan fingerprint density at radius 2 is 2.08 bits per heavy atom. The van der Waals surface area contributed by atoms with Crippen LogP contribution in [0.3, 0.4) is 0 Å². The van der Waals surface area contributed by atoms with Gasteiger partial charge in [-0.3, -0.25) is 4.79 Å². The van der Waals surface area contributed by atoms with Gasteiger partial charge in [0.05, 0.1) is 7.11 Å². The fourth-order valence-corrected chi connectivity index (χ4v) is 4.05. The molecular formula is C16H25N3O4S. The highest BCUT2D eigenvalue weighted by molar-refractivity contribution is 7.89. The molecule has 1 aromatic carbocycles. The van der Waals surface area contributed by atoms with Gasteiger partial charge >= 0.3 is 0 Å². The maximum absolute atomic E-state index is 12.5. The fourth-order valence-electron chi connectivity index (χ4n) is 2.98. The zero-order valence-electron chi connectivity index (χ0n) is 14.3. The number of methoxy groups -OCH3 is 1. The number of carbonyl (C=O) groups is 1. The number of ether oxygens (including phenoxy) is 1. The topological polar surface area (TPSA) is 102 Å². The molecule has 7 nitrogen and oxygen atoms in total. The maximum Gasteiger partial charge on any atom is 0.251 e. The third-order valence-electron chi connectivity index (χ3n) is 4.46. The van der Waals surface area contributed by atoms with Gasteiger partial charge in [-0.05, 0) is 43.5 Å². The summed E-state index contributed by atoms with van der Waals surface area (Å²) in [4.78, 5) is 12.5. The van der Waals surface area contributed by atoms with E-state index in [1.807, 2.05) is 0 Å². The highest BCUT2D eigenvalue weighted by Crippen LogP contribution is 2.28. The quantitative estimate of drug-likeness (QED) is 0.786. The SMILES string of the molecule is COc1ccc(C(=O)NC2CCCC2CN)cc1S(=O)(=O)N(C)C. The number of nitrogens with one attached hydrogen (secondary N) is 1. The first kappa shape index (κ1) is 18.7. The molecule has 0 bridgehead atoms. The Hall–Kier alpha value is -1.64. The number of hydrogen-bond acceptors (Lipinski definition) is 5. The molecule has 134 valence electrons. The molecule has 1 aromatic rings. The second kappa shape index (κ2) is 7.50. The lowest BCUT2D eigenvalue weighted by Gasteiger charge is -2.20. The van der Waals surface area contributed by atoms with Crippen LogP contribution in [0.1, 0.15) is 29.6 Å². The number of rotatable bonds is 6. The van der Waals surface area contributed by atoms with Gasteiger partial charge in [0.25, 0.3) is 5.91 Å². The summed E-state index contributed by atoms with van der Waals surface area (Å²) in [5.41, 5.74) is 6.03. The van der Waals surface area contributed by atoms with Gasteiger partial charge in [-0.2, -0.15) is 0 Å². The minimum atomic E-state index is -3.71. The Morgan fingerprint density at radius 1 is 1.38 bits per heavy atom. The minimum Gasteiger partial charge on any atom is -0.495 e. The van der Waals surface area contributed by atoms with E-state index in [-0.39, 0.29) is 28.5 Å². The van der Waals surface area contributed by atoms with Crippen molar-refractivity contribution >= 4 is 15.9 Å². The van der Waals surface area contributed by atoms with Crippen molar-refractivity contribution in [2.75, 3.05) is 27.7 Å². The van der Waals surface area contributed by atoms with Crippen molar-refractivity contribution in [3.8, 4) is 5.75 Å². The normalized spacial score (nSPS) is 21.0. The van der Waals surface area contributed by atoms with Crippen LogP contribution in [0.4, 0.5) is 0 Å². The molecule has 2 atom stereocenters. The summed E-state index contributed by atoms with van der Waals surface area (Å²) in [6.45, 7) is 0.536. The molecule has 1 aliphatic carbocycles. The van der Waals surface area contributed by atoms with E-state index in [0.29, 0.717) is 12.1 Å². The third-order valence-corrected chi connectivity index (χ3v) is 6.30. The minimum absolute atomic E-state index is 0.0237. The predicted octanol–water partition coefficient (Wildman–Crippen LogP) is 0.803. The molecule has 0 radical (unpaired) electrons. The van der Waals surface area contributed by atoms with E-state index in [9.17, 15) is 13.2 Å². The molecule has 1 amide bonds. The third kappa shape index (κ3) is 3.71. The molecule has 0 spiro atoms. The summed E-state index contributed by atoms with van der Waals surface area (Å²) in [5, 5.41) is 2.97. The predicted molar refractivity (Wildman–Crippen MR) is 91.5 cm³/mol. The first-order valence-corrected chi connectivity index (χ1v) is 9.36. The van der Waals surface area contributed by atoms with Crippen LogP contribution in [0.2, 0.25) is 0 Å². The second-order valence-electron chi connectivity index (χ2n) is 6.16. The highest BCUT2D eigenvalue weighted by atomic mass is 32.2. The lowest BCUT2D eigenvalue weighted by Crippen LogP contribution is -2.39. The summed E-state index contributed by atoms with van der Waals surface area (Å²) in [7, 11) is 0.560. The Morgan fingerprint density at radius 3 is 2.67 bits per heavy atom. The lowest BCUT2D eigenvalue weighted by molar-refractivity contribution is 0.0928. The Kier molecular flexibility index (Phi) is 5.84. The van der Waals surface area contributed by atoms with Crippen molar-refractivity contribution in [3.63, 3.8) is 0 Å². The molecule has 1 fully saturated rings. The molecule has 24 heavy (non-hydrogen) atoms. The lowest BCUT2D eigenvalue weighted by atomic mass is 10.0. The van der Waals surface area contributed by atoms with Crippen LogP contribution >= 0.6 is 0 Å². The van der Waals surface area contributed by atoms with Gasteiger partial charge in [-0.1, -0.05) is 6.42 Å². The molecule has 0 aromatic heterocycles. The van der Waals surface area contributed by atoms with Crippen molar-refractivity contribution in [1.29, 1.82) is 0 Å². The van der Waals surface area contributed by atoms with E-state index in [0.717, 1.165) is 23.6 Å². The van der Waals surface area contributed by atoms with Crippen LogP contribution in [0.15, 0.2) is 23.1 Å². The summed E-state index contributed by atoms with van der Waals surface area (Å²) in [5.74, 6) is 0.191. The number of nitrogens with two attached hydrogens (primary N) is 1.